The minimum Gasteiger partial charge on any atom is -0.395 e. The van der Waals surface area contributed by atoms with Crippen molar-refractivity contribution >= 4 is 11.6 Å². The zero-order chi connectivity index (χ0) is 7.40. The Morgan fingerprint density at radius 3 is 3.10 bits per heavy atom. The zero-order valence-electron chi connectivity index (χ0n) is 5.89. The van der Waals surface area contributed by atoms with Crippen LogP contribution in [0.2, 0.25) is 0 Å². The lowest BCUT2D eigenvalue weighted by atomic mass is 10.2. The van der Waals surface area contributed by atoms with Crippen molar-refractivity contribution in [2.24, 2.45) is 5.16 Å². The van der Waals surface area contributed by atoms with E-state index in [1.165, 1.54) is 0 Å². The molecule has 0 radical (unpaired) electrons. The van der Waals surface area contributed by atoms with Crippen LogP contribution in [0.3, 0.4) is 0 Å². The third-order valence-electron chi connectivity index (χ3n) is 1.31. The minimum absolute atomic E-state index is 0.139. The first-order valence-electron chi connectivity index (χ1n) is 3.25. The van der Waals surface area contributed by atoms with Gasteiger partial charge in [-0.25, -0.2) is 0 Å². The van der Waals surface area contributed by atoms with Gasteiger partial charge in [0.15, 0.2) is 0 Å². The highest BCUT2D eigenvalue weighted by Gasteiger charge is 2.12. The summed E-state index contributed by atoms with van der Waals surface area (Å²) in [5, 5.41) is 6.09. The normalized spacial score (nSPS) is 17.1. The maximum atomic E-state index is 10.8. The largest absolute Gasteiger partial charge is 0.395 e. The number of oxime groups is 1. The summed E-state index contributed by atoms with van der Waals surface area (Å²) >= 11 is 0. The second-order valence-corrected chi connectivity index (χ2v) is 2.05. The van der Waals surface area contributed by atoms with Crippen LogP contribution in [0.5, 0.6) is 0 Å². The molecule has 0 bridgehead atoms. The summed E-state index contributed by atoms with van der Waals surface area (Å²) < 4.78 is 0. The van der Waals surface area contributed by atoms with Crippen LogP contribution in [0, 0.1) is 0 Å². The van der Waals surface area contributed by atoms with Gasteiger partial charge in [0.05, 0.1) is 0 Å². The SMILES string of the molecule is CNC(=O)C1=NOCCC1. The van der Waals surface area contributed by atoms with Gasteiger partial charge >= 0.3 is 0 Å². The number of hydrogen-bond donors (Lipinski definition) is 1. The molecule has 0 aromatic rings. The van der Waals surface area contributed by atoms with E-state index in [0.29, 0.717) is 12.3 Å². The topological polar surface area (TPSA) is 50.7 Å². The quantitative estimate of drug-likeness (QED) is 0.555. The lowest BCUT2D eigenvalue weighted by molar-refractivity contribution is -0.114. The molecule has 0 aromatic carbocycles. The van der Waals surface area contributed by atoms with E-state index in [1.807, 2.05) is 0 Å². The van der Waals surface area contributed by atoms with Crippen LogP contribution < -0.4 is 5.32 Å². The Labute approximate surface area is 59.2 Å². The van der Waals surface area contributed by atoms with Crippen molar-refractivity contribution in [1.29, 1.82) is 0 Å². The summed E-state index contributed by atoms with van der Waals surface area (Å²) in [6, 6.07) is 0. The van der Waals surface area contributed by atoms with E-state index in [0.717, 1.165) is 12.8 Å². The summed E-state index contributed by atoms with van der Waals surface area (Å²) in [6.45, 7) is 0.625. The van der Waals surface area contributed by atoms with Gasteiger partial charge in [-0.15, -0.1) is 0 Å². The molecule has 0 unspecified atom stereocenters. The predicted octanol–water partition coefficient (Wildman–Crippen LogP) is -0.101. The molecule has 0 saturated carbocycles. The number of hydrogen-bond acceptors (Lipinski definition) is 3. The van der Waals surface area contributed by atoms with Gasteiger partial charge in [-0.05, 0) is 6.42 Å². The van der Waals surface area contributed by atoms with Gasteiger partial charge in [0.1, 0.15) is 12.3 Å². The first-order valence-corrected chi connectivity index (χ1v) is 3.25. The molecule has 0 aliphatic carbocycles. The third-order valence-corrected chi connectivity index (χ3v) is 1.31. The summed E-state index contributed by atoms with van der Waals surface area (Å²) in [5.74, 6) is -0.139. The molecule has 1 N–H and O–H groups in total. The fourth-order valence-electron chi connectivity index (χ4n) is 0.773. The Morgan fingerprint density at radius 2 is 2.60 bits per heavy atom. The van der Waals surface area contributed by atoms with E-state index in [9.17, 15) is 4.79 Å². The van der Waals surface area contributed by atoms with Crippen LogP contribution in [0.1, 0.15) is 12.8 Å². The smallest absolute Gasteiger partial charge is 0.268 e. The Bertz CT molecular complexity index is 165. The van der Waals surface area contributed by atoms with Gasteiger partial charge in [-0.3, -0.25) is 4.79 Å². The van der Waals surface area contributed by atoms with Gasteiger partial charge in [0, 0.05) is 13.5 Å². The van der Waals surface area contributed by atoms with Crippen LogP contribution in [0.15, 0.2) is 5.16 Å². The Hall–Kier alpha value is -1.06. The maximum Gasteiger partial charge on any atom is 0.268 e. The summed E-state index contributed by atoms with van der Waals surface area (Å²) in [5.41, 5.74) is 0.494. The van der Waals surface area contributed by atoms with Crippen LogP contribution in [-0.4, -0.2) is 25.3 Å². The third kappa shape index (κ3) is 1.46. The number of rotatable bonds is 1. The molecule has 0 aromatic heterocycles. The molecule has 56 valence electrons. The second kappa shape index (κ2) is 3.20. The molecular formula is C6H10N2O2. The average molecular weight is 142 g/mol. The fourth-order valence-corrected chi connectivity index (χ4v) is 0.773. The molecule has 10 heavy (non-hydrogen) atoms. The highest BCUT2D eigenvalue weighted by Crippen LogP contribution is 2.01. The van der Waals surface area contributed by atoms with Gasteiger partial charge in [-0.1, -0.05) is 5.16 Å². The highest BCUT2D eigenvalue weighted by atomic mass is 16.6. The molecule has 0 fully saturated rings. The first kappa shape index (κ1) is 7.05. The summed E-state index contributed by atoms with van der Waals surface area (Å²) in [7, 11) is 1.58. The lowest BCUT2D eigenvalue weighted by Crippen LogP contribution is -2.29. The van der Waals surface area contributed by atoms with Gasteiger partial charge < -0.3 is 10.2 Å². The second-order valence-electron chi connectivity index (χ2n) is 2.05. The van der Waals surface area contributed by atoms with Gasteiger partial charge in [-0.2, -0.15) is 0 Å². The average Bonchev–Trinajstić information content (AvgIpc) is 2.05. The van der Waals surface area contributed by atoms with Crippen molar-refractivity contribution in [3.8, 4) is 0 Å². The van der Waals surface area contributed by atoms with E-state index >= 15 is 0 Å². The number of carbonyl (C=O) groups is 1. The summed E-state index contributed by atoms with van der Waals surface area (Å²) in [4.78, 5) is 15.6. The minimum atomic E-state index is -0.139. The van der Waals surface area contributed by atoms with Crippen molar-refractivity contribution in [2.75, 3.05) is 13.7 Å². The number of amides is 1. The van der Waals surface area contributed by atoms with Crippen LogP contribution in [-0.2, 0) is 9.63 Å². The fraction of sp³-hybridized carbons (Fsp3) is 0.667. The number of carbonyl (C=O) groups excluding carboxylic acids is 1. The van der Waals surface area contributed by atoms with Crippen LogP contribution >= 0.6 is 0 Å². The number of nitrogens with zero attached hydrogens (tertiary/aromatic N) is 1. The molecule has 4 heteroatoms. The van der Waals surface area contributed by atoms with Crippen molar-refractivity contribution < 1.29 is 9.63 Å². The van der Waals surface area contributed by atoms with E-state index in [2.05, 4.69) is 10.5 Å². The zero-order valence-corrected chi connectivity index (χ0v) is 5.89. The van der Waals surface area contributed by atoms with Crippen molar-refractivity contribution in [3.05, 3.63) is 0 Å². The van der Waals surface area contributed by atoms with Crippen molar-refractivity contribution in [2.45, 2.75) is 12.8 Å². The summed E-state index contributed by atoms with van der Waals surface area (Å²) in [6.07, 6.45) is 1.60. The Balaban J connectivity index is 2.53. The van der Waals surface area contributed by atoms with E-state index < -0.39 is 0 Å². The monoisotopic (exact) mass is 142 g/mol. The predicted molar refractivity (Wildman–Crippen MR) is 36.7 cm³/mol. The molecule has 1 aliphatic heterocycles. The van der Waals surface area contributed by atoms with E-state index in [1.54, 1.807) is 7.05 Å². The van der Waals surface area contributed by atoms with Crippen LogP contribution in [0.25, 0.3) is 0 Å². The molecular weight excluding hydrogens is 132 g/mol. The standard InChI is InChI=1S/C6H10N2O2/c1-7-6(9)5-3-2-4-10-8-5/h2-4H2,1H3,(H,7,9). The number of nitrogens with one attached hydrogen (secondary N) is 1. The maximum absolute atomic E-state index is 10.8. The van der Waals surface area contributed by atoms with E-state index in [4.69, 9.17) is 4.84 Å². The van der Waals surface area contributed by atoms with E-state index in [-0.39, 0.29) is 5.91 Å². The molecule has 1 aliphatic rings. The first-order chi connectivity index (χ1) is 4.84. The van der Waals surface area contributed by atoms with Crippen molar-refractivity contribution in [1.82, 2.24) is 5.32 Å². The molecule has 0 atom stereocenters. The molecule has 1 rings (SSSR count). The van der Waals surface area contributed by atoms with Gasteiger partial charge in [0.2, 0.25) is 0 Å². The molecule has 4 nitrogen and oxygen atoms in total. The van der Waals surface area contributed by atoms with Crippen LogP contribution in [0.4, 0.5) is 0 Å². The molecule has 1 heterocycles. The molecule has 0 spiro atoms. The molecule has 0 saturated heterocycles. The van der Waals surface area contributed by atoms with Crippen molar-refractivity contribution in [3.63, 3.8) is 0 Å². The Morgan fingerprint density at radius 1 is 1.80 bits per heavy atom. The lowest BCUT2D eigenvalue weighted by Gasteiger charge is -2.09. The molecule has 1 amide bonds. The Kier molecular flexibility index (Phi) is 2.25. The van der Waals surface area contributed by atoms with Gasteiger partial charge in [0.25, 0.3) is 5.91 Å². The highest BCUT2D eigenvalue weighted by molar-refractivity contribution is 6.38.